The molecule has 2 radical (unpaired) electrons. The second kappa shape index (κ2) is 9.15. The average Bonchev–Trinajstić information content (AvgIpc) is 2.81. The molecule has 0 bridgehead atoms. The van der Waals surface area contributed by atoms with Crippen molar-refractivity contribution in [2.75, 3.05) is 6.61 Å². The number of ether oxygens (including phenoxy) is 1. The molecular formula is C26H22BF3O. The molecule has 2 atom stereocenters. The molecule has 2 unspecified atom stereocenters. The standard InChI is InChI=1S/C26H22BF3O/c1-2-21-10-7-20(15-31-21)22-11-8-18(13-24(22)28)16-3-5-17(6-4-16)23-12-9-19(14-27)25(29)26(23)30/h2-6,8-9,11-13,20-21H,1,7,10,14-15H2. The van der Waals surface area contributed by atoms with Crippen molar-refractivity contribution in [1.29, 1.82) is 0 Å². The third kappa shape index (κ3) is 4.33. The summed E-state index contributed by atoms with van der Waals surface area (Å²) >= 11 is 0. The number of benzene rings is 3. The maximum Gasteiger partial charge on any atom is 0.166 e. The summed E-state index contributed by atoms with van der Waals surface area (Å²) in [5.41, 5.74) is 3.01. The molecular weight excluding hydrogens is 396 g/mol. The predicted molar refractivity (Wildman–Crippen MR) is 119 cm³/mol. The predicted octanol–water partition coefficient (Wildman–Crippen LogP) is 6.56. The molecule has 3 aromatic carbocycles. The van der Waals surface area contributed by atoms with Gasteiger partial charge in [-0.2, -0.15) is 0 Å². The Labute approximate surface area is 182 Å². The molecule has 5 heteroatoms. The van der Waals surface area contributed by atoms with Crippen LogP contribution in [0, 0.1) is 17.5 Å². The molecule has 31 heavy (non-hydrogen) atoms. The van der Waals surface area contributed by atoms with Gasteiger partial charge in [-0.15, -0.1) is 6.58 Å². The molecule has 3 aromatic rings. The third-order valence-corrected chi connectivity index (χ3v) is 5.93. The molecule has 0 spiro atoms. The zero-order valence-electron chi connectivity index (χ0n) is 17.1. The van der Waals surface area contributed by atoms with Crippen molar-refractivity contribution in [3.8, 4) is 22.3 Å². The quantitative estimate of drug-likeness (QED) is 0.337. The Bertz CT molecular complexity index is 1090. The second-order valence-electron chi connectivity index (χ2n) is 7.80. The van der Waals surface area contributed by atoms with Gasteiger partial charge < -0.3 is 4.74 Å². The monoisotopic (exact) mass is 418 g/mol. The smallest absolute Gasteiger partial charge is 0.166 e. The zero-order chi connectivity index (χ0) is 22.0. The first kappa shape index (κ1) is 21.4. The summed E-state index contributed by atoms with van der Waals surface area (Å²) in [5, 5.41) is 0. The molecule has 1 saturated heterocycles. The maximum absolute atomic E-state index is 14.8. The molecule has 4 rings (SSSR count). The van der Waals surface area contributed by atoms with Crippen LogP contribution in [0.25, 0.3) is 22.3 Å². The van der Waals surface area contributed by atoms with Gasteiger partial charge in [0, 0.05) is 11.5 Å². The molecule has 0 aliphatic carbocycles. The Balaban J connectivity index is 1.55. The van der Waals surface area contributed by atoms with E-state index in [1.807, 2.05) is 6.07 Å². The highest BCUT2D eigenvalue weighted by molar-refractivity contribution is 6.08. The Morgan fingerprint density at radius 2 is 1.61 bits per heavy atom. The van der Waals surface area contributed by atoms with Crippen LogP contribution in [0.4, 0.5) is 13.2 Å². The Hall–Kier alpha value is -2.79. The van der Waals surface area contributed by atoms with Gasteiger partial charge in [-0.05, 0) is 46.7 Å². The second-order valence-corrected chi connectivity index (χ2v) is 7.80. The van der Waals surface area contributed by atoms with Crippen molar-refractivity contribution in [1.82, 2.24) is 0 Å². The van der Waals surface area contributed by atoms with Crippen molar-refractivity contribution in [3.63, 3.8) is 0 Å². The van der Waals surface area contributed by atoms with Crippen LogP contribution in [0.5, 0.6) is 0 Å². The van der Waals surface area contributed by atoms with Gasteiger partial charge in [0.1, 0.15) is 5.82 Å². The fourth-order valence-electron chi connectivity index (χ4n) is 4.05. The van der Waals surface area contributed by atoms with E-state index in [-0.39, 0.29) is 35.3 Å². The van der Waals surface area contributed by atoms with Gasteiger partial charge in [-0.1, -0.05) is 60.9 Å². The molecule has 0 amide bonds. The highest BCUT2D eigenvalue weighted by Crippen LogP contribution is 2.33. The molecule has 156 valence electrons. The van der Waals surface area contributed by atoms with Gasteiger partial charge >= 0.3 is 0 Å². The van der Waals surface area contributed by atoms with Crippen LogP contribution in [0.15, 0.2) is 67.3 Å². The van der Waals surface area contributed by atoms with Crippen LogP contribution in [-0.4, -0.2) is 20.6 Å². The Kier molecular flexibility index (Phi) is 6.33. The fraction of sp³-hybridized carbons (Fsp3) is 0.231. The topological polar surface area (TPSA) is 9.23 Å². The van der Waals surface area contributed by atoms with E-state index >= 15 is 0 Å². The lowest BCUT2D eigenvalue weighted by atomic mass is 9.89. The molecule has 0 N–H and O–H groups in total. The van der Waals surface area contributed by atoms with Gasteiger partial charge in [0.2, 0.25) is 0 Å². The normalized spacial score (nSPS) is 18.7. The third-order valence-electron chi connectivity index (χ3n) is 5.93. The summed E-state index contributed by atoms with van der Waals surface area (Å²) in [6.45, 7) is 4.22. The molecule has 1 aliphatic heterocycles. The molecule has 1 nitrogen and oxygen atoms in total. The van der Waals surface area contributed by atoms with Crippen molar-refractivity contribution in [2.24, 2.45) is 0 Å². The van der Waals surface area contributed by atoms with Crippen molar-refractivity contribution >= 4 is 7.85 Å². The summed E-state index contributed by atoms with van der Waals surface area (Å²) in [5.74, 6) is -2.08. The first-order chi connectivity index (χ1) is 15.0. The van der Waals surface area contributed by atoms with E-state index in [0.717, 1.165) is 24.0 Å². The van der Waals surface area contributed by atoms with E-state index in [2.05, 4.69) is 6.58 Å². The van der Waals surface area contributed by atoms with Gasteiger partial charge in [-0.3, -0.25) is 0 Å². The summed E-state index contributed by atoms with van der Waals surface area (Å²) in [6, 6.07) is 15.2. The van der Waals surface area contributed by atoms with Crippen molar-refractivity contribution in [2.45, 2.75) is 31.2 Å². The zero-order valence-corrected chi connectivity index (χ0v) is 17.1. The van der Waals surface area contributed by atoms with Crippen LogP contribution in [-0.2, 0) is 11.1 Å². The largest absolute Gasteiger partial charge is 0.374 e. The first-order valence-corrected chi connectivity index (χ1v) is 10.3. The summed E-state index contributed by atoms with van der Waals surface area (Å²) in [4.78, 5) is 0. The van der Waals surface area contributed by atoms with E-state index < -0.39 is 11.6 Å². The van der Waals surface area contributed by atoms with Gasteiger partial charge in [0.15, 0.2) is 11.6 Å². The summed E-state index contributed by atoms with van der Waals surface area (Å²) < 4.78 is 49.0. The van der Waals surface area contributed by atoms with Gasteiger partial charge in [-0.25, -0.2) is 13.2 Å². The average molecular weight is 418 g/mol. The van der Waals surface area contributed by atoms with Gasteiger partial charge in [0.25, 0.3) is 0 Å². The lowest BCUT2D eigenvalue weighted by molar-refractivity contribution is 0.0321. The fourth-order valence-corrected chi connectivity index (χ4v) is 4.05. The SMILES string of the molecule is [B]Cc1ccc(-c2ccc(-c3ccc(C4CCC(C=C)OC4)c(F)c3)cc2)c(F)c1F. The van der Waals surface area contributed by atoms with Crippen molar-refractivity contribution < 1.29 is 17.9 Å². The van der Waals surface area contributed by atoms with E-state index in [0.29, 0.717) is 17.7 Å². The van der Waals surface area contributed by atoms with Crippen LogP contribution in [0.3, 0.4) is 0 Å². The van der Waals surface area contributed by atoms with Crippen LogP contribution in [0.1, 0.15) is 29.9 Å². The van der Waals surface area contributed by atoms with Crippen LogP contribution in [0.2, 0.25) is 0 Å². The number of rotatable bonds is 5. The maximum atomic E-state index is 14.8. The first-order valence-electron chi connectivity index (χ1n) is 10.3. The highest BCUT2D eigenvalue weighted by Gasteiger charge is 2.23. The van der Waals surface area contributed by atoms with Crippen LogP contribution < -0.4 is 0 Å². The highest BCUT2D eigenvalue weighted by atomic mass is 19.2. The minimum absolute atomic E-state index is 0.0296. The minimum Gasteiger partial charge on any atom is -0.374 e. The minimum atomic E-state index is -0.923. The lowest BCUT2D eigenvalue weighted by Gasteiger charge is -2.27. The van der Waals surface area contributed by atoms with Crippen LogP contribution >= 0.6 is 0 Å². The molecule has 0 aromatic heterocycles. The van der Waals surface area contributed by atoms with E-state index in [9.17, 15) is 13.2 Å². The van der Waals surface area contributed by atoms with E-state index in [4.69, 9.17) is 12.6 Å². The molecule has 1 fully saturated rings. The molecule has 1 heterocycles. The van der Waals surface area contributed by atoms with Crippen molar-refractivity contribution in [3.05, 3.63) is 95.8 Å². The molecule has 0 saturated carbocycles. The Morgan fingerprint density at radius 3 is 2.23 bits per heavy atom. The lowest BCUT2D eigenvalue weighted by Crippen LogP contribution is -2.23. The van der Waals surface area contributed by atoms with E-state index in [1.165, 1.54) is 18.2 Å². The van der Waals surface area contributed by atoms with E-state index in [1.54, 1.807) is 36.4 Å². The number of halogens is 3. The summed E-state index contributed by atoms with van der Waals surface area (Å²) in [6.07, 6.45) is 3.45. The molecule has 1 aliphatic rings. The Morgan fingerprint density at radius 1 is 0.903 bits per heavy atom. The number of hydrogen-bond acceptors (Lipinski definition) is 1. The number of hydrogen-bond donors (Lipinski definition) is 0. The summed E-state index contributed by atoms with van der Waals surface area (Å²) in [7, 11) is 5.43. The van der Waals surface area contributed by atoms with Gasteiger partial charge in [0.05, 0.1) is 20.6 Å².